The summed E-state index contributed by atoms with van der Waals surface area (Å²) < 4.78 is 12.6. The highest BCUT2D eigenvalue weighted by molar-refractivity contribution is 14.1. The van der Waals surface area contributed by atoms with Crippen LogP contribution in [0.1, 0.15) is 63.6 Å². The number of anilines is 2. The first kappa shape index (κ1) is 34.7. The molecule has 1 saturated heterocycles. The summed E-state index contributed by atoms with van der Waals surface area (Å²) in [4.78, 5) is 45.0. The Morgan fingerprint density at radius 2 is 1.45 bits per heavy atom. The Morgan fingerprint density at radius 1 is 0.811 bits per heavy atom. The number of nitrogens with zero attached hydrogens (tertiary/aromatic N) is 2. The molecule has 4 amide bonds. The van der Waals surface area contributed by atoms with Crippen molar-refractivity contribution in [2.75, 3.05) is 30.0 Å². The molecule has 8 rings (SSSR count). The van der Waals surface area contributed by atoms with E-state index in [1.165, 1.54) is 22.9 Å². The topological polar surface area (TPSA) is 88.2 Å². The van der Waals surface area contributed by atoms with E-state index in [4.69, 9.17) is 9.47 Å². The van der Waals surface area contributed by atoms with Gasteiger partial charge in [-0.15, -0.1) is 0 Å². The molecular formula is C44H38IN3O5. The largest absolute Gasteiger partial charge is 0.493 e. The molecule has 266 valence electrons. The monoisotopic (exact) mass is 815 g/mol. The molecular weight excluding hydrogens is 777 g/mol. The zero-order valence-corrected chi connectivity index (χ0v) is 31.6. The van der Waals surface area contributed by atoms with Gasteiger partial charge in [-0.1, -0.05) is 90.5 Å². The highest BCUT2D eigenvalue weighted by atomic mass is 127. The van der Waals surface area contributed by atoms with Gasteiger partial charge in [-0.25, -0.2) is 9.69 Å². The molecule has 1 N–H and O–H groups in total. The van der Waals surface area contributed by atoms with Gasteiger partial charge in [0.15, 0.2) is 11.5 Å². The number of rotatable bonds is 8. The molecule has 9 heteroatoms. The van der Waals surface area contributed by atoms with Gasteiger partial charge in [-0.2, -0.15) is 0 Å². The van der Waals surface area contributed by atoms with Crippen molar-refractivity contribution in [2.45, 2.75) is 38.2 Å². The molecule has 3 aliphatic heterocycles. The molecule has 0 bridgehead atoms. The lowest BCUT2D eigenvalue weighted by molar-refractivity contribution is -0.122. The lowest BCUT2D eigenvalue weighted by Gasteiger charge is -2.44. The summed E-state index contributed by atoms with van der Waals surface area (Å²) in [5.41, 5.74) is 8.74. The molecule has 8 nitrogen and oxygen atoms in total. The van der Waals surface area contributed by atoms with Crippen molar-refractivity contribution in [2.24, 2.45) is 0 Å². The van der Waals surface area contributed by atoms with Crippen molar-refractivity contribution in [1.82, 2.24) is 5.32 Å². The van der Waals surface area contributed by atoms with Crippen LogP contribution in [0.5, 0.6) is 11.5 Å². The summed E-state index contributed by atoms with van der Waals surface area (Å²) in [6.07, 6.45) is 3.32. The molecule has 3 aliphatic rings. The van der Waals surface area contributed by atoms with E-state index in [9.17, 15) is 14.4 Å². The molecule has 0 radical (unpaired) electrons. The predicted octanol–water partition coefficient (Wildman–Crippen LogP) is 8.73. The summed E-state index contributed by atoms with van der Waals surface area (Å²) in [5.74, 6) is -0.250. The van der Waals surface area contributed by atoms with Crippen LogP contribution < -0.4 is 24.6 Å². The highest BCUT2D eigenvalue weighted by Crippen LogP contribution is 2.50. The van der Waals surface area contributed by atoms with Crippen LogP contribution in [0.25, 0.3) is 6.08 Å². The minimum Gasteiger partial charge on any atom is -0.493 e. The average molecular weight is 816 g/mol. The Balaban J connectivity index is 1.19. The van der Waals surface area contributed by atoms with E-state index in [0.717, 1.165) is 56.7 Å². The summed E-state index contributed by atoms with van der Waals surface area (Å²) in [6, 6.07) is 35.6. The number of nitrogens with one attached hydrogen (secondary N) is 1. The van der Waals surface area contributed by atoms with E-state index in [1.807, 2.05) is 79.7 Å². The number of hydrogen-bond acceptors (Lipinski definition) is 6. The van der Waals surface area contributed by atoms with Gasteiger partial charge < -0.3 is 14.4 Å². The third kappa shape index (κ3) is 6.70. The molecule has 0 aromatic heterocycles. The molecule has 0 spiro atoms. The first-order valence-corrected chi connectivity index (χ1v) is 18.9. The van der Waals surface area contributed by atoms with Crippen LogP contribution in [-0.4, -0.2) is 38.0 Å². The third-order valence-electron chi connectivity index (χ3n) is 10.4. The van der Waals surface area contributed by atoms with Crippen LogP contribution in [0.4, 0.5) is 16.2 Å². The van der Waals surface area contributed by atoms with Gasteiger partial charge in [0, 0.05) is 30.6 Å². The molecule has 5 aromatic rings. The highest BCUT2D eigenvalue weighted by Gasteiger charge is 2.40. The second kappa shape index (κ2) is 14.5. The molecule has 5 aromatic carbocycles. The molecule has 1 fully saturated rings. The molecule has 2 atom stereocenters. The van der Waals surface area contributed by atoms with E-state index in [1.54, 1.807) is 13.2 Å². The zero-order chi connectivity index (χ0) is 36.6. The minimum atomic E-state index is -0.771. The van der Waals surface area contributed by atoms with E-state index >= 15 is 0 Å². The summed E-state index contributed by atoms with van der Waals surface area (Å²) in [6.45, 7) is 4.22. The molecule has 3 heterocycles. The number of methoxy groups -OCH3 is 1. The second-order valence-electron chi connectivity index (χ2n) is 13.7. The summed E-state index contributed by atoms with van der Waals surface area (Å²) in [7, 11) is 1.55. The number of barbiturate groups is 1. The maximum atomic E-state index is 14.4. The molecule has 0 unspecified atom stereocenters. The molecule has 0 saturated carbocycles. The van der Waals surface area contributed by atoms with Crippen LogP contribution in [0.2, 0.25) is 0 Å². The number of ether oxygens (including phenoxy) is 2. The Hall–Kier alpha value is -5.42. The van der Waals surface area contributed by atoms with Gasteiger partial charge in [-0.3, -0.25) is 14.9 Å². The van der Waals surface area contributed by atoms with Crippen molar-refractivity contribution in [1.29, 1.82) is 0 Å². The Labute approximate surface area is 322 Å². The van der Waals surface area contributed by atoms with Gasteiger partial charge in [-0.05, 0) is 106 Å². The van der Waals surface area contributed by atoms with Crippen molar-refractivity contribution in [3.05, 3.63) is 157 Å². The molecule has 53 heavy (non-hydrogen) atoms. The first-order valence-electron chi connectivity index (χ1n) is 17.8. The van der Waals surface area contributed by atoms with E-state index in [-0.39, 0.29) is 17.4 Å². The summed E-state index contributed by atoms with van der Waals surface area (Å²) in [5, 5.41) is 2.44. The maximum Gasteiger partial charge on any atom is 0.335 e. The number of halogens is 1. The van der Waals surface area contributed by atoms with E-state index < -0.39 is 17.8 Å². The fourth-order valence-corrected chi connectivity index (χ4v) is 8.73. The fourth-order valence-electron chi connectivity index (χ4n) is 7.95. The average Bonchev–Trinajstić information content (AvgIpc) is 3.16. The van der Waals surface area contributed by atoms with Gasteiger partial charge in [0.1, 0.15) is 12.2 Å². The Bertz CT molecular complexity index is 2200. The Morgan fingerprint density at radius 3 is 2.06 bits per heavy atom. The number of imide groups is 2. The number of amides is 4. The number of hydrogen-bond donors (Lipinski definition) is 1. The van der Waals surface area contributed by atoms with Gasteiger partial charge in [0.25, 0.3) is 11.8 Å². The number of aryl methyl sites for hydroxylation is 1. The second-order valence-corrected chi connectivity index (χ2v) is 14.9. The SMILES string of the molecule is COc1cc(/C=C2\C(=O)NC(=O)N(c3cc4c5c(c3)[C@@H](c3ccccc3)CCN5CC[C@@H]4c3ccccc3)C2=O)cc(I)c1OCc1cccc(C)c1. The lowest BCUT2D eigenvalue weighted by Crippen LogP contribution is -2.54. The standard InChI is InChI=1S/C44H38IN3O5/c1-27-10-9-11-28(20-27)26-53-41-38(45)22-29(23-39(41)52-2)21-37-42(49)46-44(51)48(43(37)50)32-24-35-33(30-12-5-3-6-13-30)16-18-47-19-17-34(36(25-32)40(35)47)31-14-7-4-8-15-31/h3-15,20-25,33-34H,16-19,26H2,1-2H3,(H,46,49,51)/b37-21+/t33-,34-/m1/s1. The minimum absolute atomic E-state index is 0.0801. The van der Waals surface area contributed by atoms with Crippen LogP contribution in [0, 0.1) is 10.5 Å². The van der Waals surface area contributed by atoms with Crippen molar-refractivity contribution >= 4 is 57.9 Å². The van der Waals surface area contributed by atoms with Crippen LogP contribution in [-0.2, 0) is 16.2 Å². The maximum absolute atomic E-state index is 14.4. The summed E-state index contributed by atoms with van der Waals surface area (Å²) >= 11 is 2.17. The normalized spacial score (nSPS) is 18.8. The number of urea groups is 1. The van der Waals surface area contributed by atoms with E-state index in [2.05, 4.69) is 63.1 Å². The van der Waals surface area contributed by atoms with Crippen molar-refractivity contribution < 1.29 is 23.9 Å². The number of carbonyl (C=O) groups excluding carboxylic acids is 3. The first-order chi connectivity index (χ1) is 25.8. The third-order valence-corrected chi connectivity index (χ3v) is 11.2. The molecule has 0 aliphatic carbocycles. The quantitative estimate of drug-likeness (QED) is 0.0959. The van der Waals surface area contributed by atoms with Crippen LogP contribution in [0.3, 0.4) is 0 Å². The van der Waals surface area contributed by atoms with Crippen LogP contribution >= 0.6 is 22.6 Å². The Kier molecular flexibility index (Phi) is 9.51. The zero-order valence-electron chi connectivity index (χ0n) is 29.5. The van der Waals surface area contributed by atoms with Gasteiger partial charge in [0.05, 0.1) is 16.4 Å². The fraction of sp³-hybridized carbons (Fsp3) is 0.205. The number of carbonyl (C=O) groups is 3. The van der Waals surface area contributed by atoms with Gasteiger partial charge >= 0.3 is 6.03 Å². The van der Waals surface area contributed by atoms with Gasteiger partial charge in [0.2, 0.25) is 0 Å². The number of benzene rings is 5. The van der Waals surface area contributed by atoms with Crippen molar-refractivity contribution in [3.8, 4) is 11.5 Å². The van der Waals surface area contributed by atoms with Crippen molar-refractivity contribution in [3.63, 3.8) is 0 Å². The van der Waals surface area contributed by atoms with E-state index in [0.29, 0.717) is 29.4 Å². The predicted molar refractivity (Wildman–Crippen MR) is 215 cm³/mol. The smallest absolute Gasteiger partial charge is 0.335 e. The lowest BCUT2D eigenvalue weighted by atomic mass is 9.76. The van der Waals surface area contributed by atoms with Crippen LogP contribution in [0.15, 0.2) is 115 Å².